The van der Waals surface area contributed by atoms with Crippen molar-refractivity contribution in [3.63, 3.8) is 0 Å². The van der Waals surface area contributed by atoms with Gasteiger partial charge in [-0.3, -0.25) is 0 Å². The fourth-order valence-corrected chi connectivity index (χ4v) is 5.61. The molecule has 2 fully saturated rings. The fourth-order valence-electron chi connectivity index (χ4n) is 2.77. The number of sulfonamides is 1. The van der Waals surface area contributed by atoms with Gasteiger partial charge in [0.1, 0.15) is 4.93 Å². The number of benzene rings is 1. The first-order valence-corrected chi connectivity index (χ1v) is 9.97. The topological polar surface area (TPSA) is 46.6 Å². The van der Waals surface area contributed by atoms with Gasteiger partial charge in [0.05, 0.1) is 12.4 Å². The van der Waals surface area contributed by atoms with Crippen LogP contribution in [0.3, 0.4) is 0 Å². The average molecular weight is 348 g/mol. The Morgan fingerprint density at radius 1 is 1.24 bits per heavy atom. The average Bonchev–Trinajstić information content (AvgIpc) is 2.90. The molecular weight excluding hydrogens is 330 g/mol. The van der Waals surface area contributed by atoms with E-state index in [0.29, 0.717) is 18.1 Å². The molecule has 3 rings (SSSR count). The van der Waals surface area contributed by atoms with E-state index in [4.69, 9.17) is 16.3 Å². The maximum absolute atomic E-state index is 12.5. The number of thioether (sulfide) groups is 1. The van der Waals surface area contributed by atoms with E-state index < -0.39 is 10.0 Å². The Hall–Kier alpha value is -0.270. The summed E-state index contributed by atoms with van der Waals surface area (Å²) >= 11 is 7.65. The van der Waals surface area contributed by atoms with Crippen LogP contribution in [-0.2, 0) is 20.5 Å². The highest BCUT2D eigenvalue weighted by molar-refractivity contribution is 8.00. The van der Waals surface area contributed by atoms with Gasteiger partial charge in [-0.2, -0.15) is 0 Å². The molecule has 0 unspecified atom stereocenters. The Morgan fingerprint density at radius 2 is 1.90 bits per heavy atom. The van der Waals surface area contributed by atoms with E-state index >= 15 is 0 Å². The Labute approximate surface area is 134 Å². The SMILES string of the molecule is O=S(=O)(Cc1ccc(Cl)cc1)N1CCC2(CC1)OCCS2. The number of rotatable bonds is 3. The Bertz CT molecular complexity index is 587. The first kappa shape index (κ1) is 15.6. The Morgan fingerprint density at radius 3 is 2.48 bits per heavy atom. The number of halogens is 1. The molecule has 0 N–H and O–H groups in total. The van der Waals surface area contributed by atoms with Crippen LogP contribution in [0, 0.1) is 0 Å². The van der Waals surface area contributed by atoms with Crippen molar-refractivity contribution in [2.24, 2.45) is 0 Å². The van der Waals surface area contributed by atoms with Crippen LogP contribution in [0.1, 0.15) is 18.4 Å². The molecule has 1 aromatic rings. The normalized spacial score (nSPS) is 22.7. The van der Waals surface area contributed by atoms with E-state index in [0.717, 1.165) is 30.8 Å². The highest BCUT2D eigenvalue weighted by Gasteiger charge is 2.41. The molecule has 1 spiro atoms. The summed E-state index contributed by atoms with van der Waals surface area (Å²) in [5.41, 5.74) is 0.770. The summed E-state index contributed by atoms with van der Waals surface area (Å²) < 4.78 is 32.4. The molecule has 116 valence electrons. The van der Waals surface area contributed by atoms with Crippen LogP contribution in [0.5, 0.6) is 0 Å². The Balaban J connectivity index is 1.64. The van der Waals surface area contributed by atoms with Crippen molar-refractivity contribution in [3.8, 4) is 0 Å². The maximum atomic E-state index is 12.5. The lowest BCUT2D eigenvalue weighted by atomic mass is 10.1. The van der Waals surface area contributed by atoms with Crippen LogP contribution in [-0.4, -0.2) is 43.1 Å². The van der Waals surface area contributed by atoms with Crippen molar-refractivity contribution >= 4 is 33.4 Å². The molecule has 1 aromatic carbocycles. The van der Waals surface area contributed by atoms with Gasteiger partial charge in [-0.1, -0.05) is 23.7 Å². The molecule has 2 aliphatic rings. The van der Waals surface area contributed by atoms with Gasteiger partial charge in [-0.05, 0) is 30.5 Å². The molecule has 0 atom stereocenters. The lowest BCUT2D eigenvalue weighted by Gasteiger charge is -2.37. The van der Waals surface area contributed by atoms with Crippen LogP contribution in [0.15, 0.2) is 24.3 Å². The quantitative estimate of drug-likeness (QED) is 0.843. The number of hydrogen-bond donors (Lipinski definition) is 0. The molecule has 0 radical (unpaired) electrons. The third kappa shape index (κ3) is 3.56. The van der Waals surface area contributed by atoms with E-state index in [1.165, 1.54) is 0 Å². The van der Waals surface area contributed by atoms with Crippen molar-refractivity contribution in [3.05, 3.63) is 34.9 Å². The van der Waals surface area contributed by atoms with E-state index in [1.807, 2.05) is 11.8 Å². The predicted molar refractivity (Wildman–Crippen MR) is 86.0 cm³/mol. The summed E-state index contributed by atoms with van der Waals surface area (Å²) in [5, 5.41) is 0.617. The highest BCUT2D eigenvalue weighted by atomic mass is 35.5. The number of hydrogen-bond acceptors (Lipinski definition) is 4. The third-order valence-electron chi connectivity index (χ3n) is 3.95. The van der Waals surface area contributed by atoms with E-state index in [1.54, 1.807) is 28.6 Å². The van der Waals surface area contributed by atoms with Crippen molar-refractivity contribution in [2.45, 2.75) is 23.5 Å². The minimum absolute atomic E-state index is 0.0329. The molecule has 0 bridgehead atoms. The zero-order chi connectivity index (χ0) is 14.9. The number of ether oxygens (including phenoxy) is 1. The second kappa shape index (κ2) is 6.08. The summed E-state index contributed by atoms with van der Waals surface area (Å²) in [6.45, 7) is 1.87. The summed E-state index contributed by atoms with van der Waals surface area (Å²) in [4.78, 5) is -0.133. The summed E-state index contributed by atoms with van der Waals surface area (Å²) in [6.07, 6.45) is 1.55. The van der Waals surface area contributed by atoms with Gasteiger partial charge in [0.15, 0.2) is 0 Å². The zero-order valence-electron chi connectivity index (χ0n) is 11.6. The van der Waals surface area contributed by atoms with Gasteiger partial charge in [-0.15, -0.1) is 11.8 Å². The minimum atomic E-state index is -3.27. The van der Waals surface area contributed by atoms with Gasteiger partial charge >= 0.3 is 0 Å². The second-order valence-corrected chi connectivity index (χ2v) is 9.24. The molecule has 0 amide bonds. The minimum Gasteiger partial charge on any atom is -0.363 e. The molecule has 2 heterocycles. The summed E-state index contributed by atoms with van der Waals surface area (Å²) in [5.74, 6) is 1.04. The molecule has 0 aliphatic carbocycles. The van der Waals surface area contributed by atoms with Crippen molar-refractivity contribution in [2.75, 3.05) is 25.4 Å². The zero-order valence-corrected chi connectivity index (χ0v) is 14.0. The van der Waals surface area contributed by atoms with Crippen LogP contribution in [0.4, 0.5) is 0 Å². The van der Waals surface area contributed by atoms with Crippen molar-refractivity contribution in [1.29, 1.82) is 0 Å². The van der Waals surface area contributed by atoms with Crippen LogP contribution in [0.25, 0.3) is 0 Å². The van der Waals surface area contributed by atoms with Crippen molar-refractivity contribution < 1.29 is 13.2 Å². The first-order chi connectivity index (χ1) is 9.99. The molecule has 0 saturated carbocycles. The smallest absolute Gasteiger partial charge is 0.218 e. The summed E-state index contributed by atoms with van der Waals surface area (Å²) in [7, 11) is -3.27. The molecule has 7 heteroatoms. The number of piperidine rings is 1. The lowest BCUT2D eigenvalue weighted by Crippen LogP contribution is -2.45. The molecule has 4 nitrogen and oxygen atoms in total. The van der Waals surface area contributed by atoms with E-state index in [2.05, 4.69) is 0 Å². The number of nitrogens with zero attached hydrogens (tertiary/aromatic N) is 1. The second-order valence-electron chi connectivity index (χ2n) is 5.39. The first-order valence-electron chi connectivity index (χ1n) is 6.99. The highest BCUT2D eigenvalue weighted by Crippen LogP contribution is 2.42. The largest absolute Gasteiger partial charge is 0.363 e. The van der Waals surface area contributed by atoms with E-state index in [9.17, 15) is 8.42 Å². The molecule has 2 aliphatic heterocycles. The maximum Gasteiger partial charge on any atom is 0.218 e. The van der Waals surface area contributed by atoms with Crippen LogP contribution in [0.2, 0.25) is 5.02 Å². The van der Waals surface area contributed by atoms with Crippen molar-refractivity contribution in [1.82, 2.24) is 4.31 Å². The molecule has 21 heavy (non-hydrogen) atoms. The predicted octanol–water partition coefficient (Wildman–Crippen LogP) is 2.73. The summed E-state index contributed by atoms with van der Waals surface area (Å²) in [6, 6.07) is 6.98. The third-order valence-corrected chi connectivity index (χ3v) is 7.48. The van der Waals surface area contributed by atoms with Gasteiger partial charge in [0.25, 0.3) is 0 Å². The fraction of sp³-hybridized carbons (Fsp3) is 0.571. The monoisotopic (exact) mass is 347 g/mol. The van der Waals surface area contributed by atoms with Gasteiger partial charge in [0.2, 0.25) is 10.0 Å². The van der Waals surface area contributed by atoms with Gasteiger partial charge < -0.3 is 4.74 Å². The molecule has 2 saturated heterocycles. The lowest BCUT2D eigenvalue weighted by molar-refractivity contribution is 0.0161. The molecule has 0 aromatic heterocycles. The van der Waals surface area contributed by atoms with Gasteiger partial charge in [0, 0.05) is 23.9 Å². The standard InChI is InChI=1S/C14H18ClNO3S2/c15-13-3-1-12(2-4-13)11-21(17,18)16-7-5-14(6-8-16)19-9-10-20-14/h1-4H,5-11H2. The van der Waals surface area contributed by atoms with Gasteiger partial charge in [-0.25, -0.2) is 12.7 Å². The molecular formula is C14H18ClNO3S2. The van der Waals surface area contributed by atoms with Crippen LogP contribution < -0.4 is 0 Å². The van der Waals surface area contributed by atoms with E-state index in [-0.39, 0.29) is 10.7 Å². The van der Waals surface area contributed by atoms with Crippen LogP contribution >= 0.6 is 23.4 Å². The Kier molecular flexibility index (Phi) is 4.52.